The second kappa shape index (κ2) is 9.24. The molecule has 4 aromatic rings. The number of nitrogens with two attached hydrogens (primary N) is 1. The molecule has 3 N–H and O–H groups in total. The van der Waals surface area contributed by atoms with Gasteiger partial charge in [-0.05, 0) is 42.9 Å². The van der Waals surface area contributed by atoms with E-state index in [1.165, 1.54) is 0 Å². The lowest BCUT2D eigenvalue weighted by molar-refractivity contribution is -0.140. The topological polar surface area (TPSA) is 116 Å². The van der Waals surface area contributed by atoms with Gasteiger partial charge in [0.2, 0.25) is 0 Å². The van der Waals surface area contributed by atoms with E-state index >= 15 is 0 Å². The lowest BCUT2D eigenvalue weighted by Crippen LogP contribution is -2.36. The van der Waals surface area contributed by atoms with Crippen LogP contribution in [0.1, 0.15) is 48.6 Å². The van der Waals surface area contributed by atoms with E-state index in [4.69, 9.17) is 15.0 Å². The van der Waals surface area contributed by atoms with Crippen LogP contribution < -0.4 is 5.73 Å². The van der Waals surface area contributed by atoms with Crippen LogP contribution in [0.4, 0.5) is 4.79 Å². The van der Waals surface area contributed by atoms with Gasteiger partial charge in [-0.15, -0.1) is 0 Å². The van der Waals surface area contributed by atoms with Crippen molar-refractivity contribution in [1.29, 1.82) is 0 Å². The lowest BCUT2D eigenvalue weighted by Gasteiger charge is -2.32. The molecule has 0 radical (unpaired) electrons. The highest BCUT2D eigenvalue weighted by Crippen LogP contribution is 2.49. The van der Waals surface area contributed by atoms with Gasteiger partial charge in [0.1, 0.15) is 0 Å². The molecule has 0 saturated heterocycles. The van der Waals surface area contributed by atoms with Crippen molar-refractivity contribution in [2.24, 2.45) is 5.73 Å². The summed E-state index contributed by atoms with van der Waals surface area (Å²) >= 11 is 0. The quantitative estimate of drug-likeness (QED) is 0.301. The average molecular weight is 497 g/mol. The first-order chi connectivity index (χ1) is 17.8. The van der Waals surface area contributed by atoms with E-state index in [2.05, 4.69) is 5.16 Å². The first-order valence-electron chi connectivity index (χ1n) is 12.3. The van der Waals surface area contributed by atoms with Crippen LogP contribution in [0, 0.1) is 6.92 Å². The zero-order valence-corrected chi connectivity index (χ0v) is 20.7. The third kappa shape index (κ3) is 4.16. The lowest BCUT2D eigenvalue weighted by atomic mass is 9.81. The monoisotopic (exact) mass is 496 g/mol. The summed E-state index contributed by atoms with van der Waals surface area (Å²) in [5.74, 6) is -0.259. The fraction of sp³-hybridized carbons (Fsp3) is 0.233. The molecule has 1 amide bonds. The molecule has 1 aromatic heterocycles. The number of carboxylic acids is 1. The average Bonchev–Trinajstić information content (AvgIpc) is 3.65. The van der Waals surface area contributed by atoms with Crippen molar-refractivity contribution in [3.05, 3.63) is 101 Å². The molecule has 1 atom stereocenters. The molecule has 7 heteroatoms. The molecule has 188 valence electrons. The van der Waals surface area contributed by atoms with Crippen LogP contribution in [-0.4, -0.2) is 22.3 Å². The van der Waals surface area contributed by atoms with Gasteiger partial charge in [0, 0.05) is 11.1 Å². The van der Waals surface area contributed by atoms with E-state index < -0.39 is 23.1 Å². The Kier molecular flexibility index (Phi) is 6.07. The van der Waals surface area contributed by atoms with Crippen LogP contribution >= 0.6 is 0 Å². The number of carboxylic acid groups (broad SMARTS) is 1. The van der Waals surface area contributed by atoms with E-state index in [1.54, 1.807) is 0 Å². The minimum Gasteiger partial charge on any atom is -0.481 e. The van der Waals surface area contributed by atoms with E-state index in [0.29, 0.717) is 36.3 Å². The van der Waals surface area contributed by atoms with Crippen LogP contribution in [0.25, 0.3) is 22.5 Å². The molecule has 1 saturated carbocycles. The molecule has 0 aliphatic heterocycles. The number of ether oxygens (including phenoxy) is 1. The highest BCUT2D eigenvalue weighted by molar-refractivity contribution is 5.85. The van der Waals surface area contributed by atoms with Gasteiger partial charge in [0.15, 0.2) is 11.4 Å². The molecule has 7 nitrogen and oxygen atoms in total. The Morgan fingerprint density at radius 3 is 2.05 bits per heavy atom. The van der Waals surface area contributed by atoms with Crippen molar-refractivity contribution in [2.75, 3.05) is 0 Å². The number of aliphatic carboxylic acids is 1. The van der Waals surface area contributed by atoms with Gasteiger partial charge in [-0.2, -0.15) is 0 Å². The van der Waals surface area contributed by atoms with Gasteiger partial charge >= 0.3 is 12.1 Å². The zero-order chi connectivity index (χ0) is 26.2. The number of rotatable bonds is 8. The maximum absolute atomic E-state index is 12.0. The maximum Gasteiger partial charge on any atom is 0.405 e. The third-order valence-electron chi connectivity index (χ3n) is 7.36. The minimum atomic E-state index is -1.16. The summed E-state index contributed by atoms with van der Waals surface area (Å²) in [6, 6.07) is 25.0. The molecule has 0 unspecified atom stereocenters. The number of aromatic nitrogens is 1. The molecule has 0 bridgehead atoms. The molecule has 1 aliphatic rings. The second-order valence-corrected chi connectivity index (χ2v) is 9.48. The highest BCUT2D eigenvalue weighted by Gasteiger charge is 2.51. The van der Waals surface area contributed by atoms with Gasteiger partial charge in [-0.3, -0.25) is 4.79 Å². The zero-order valence-electron chi connectivity index (χ0n) is 20.7. The number of primary amides is 1. The number of hydrogen-bond donors (Lipinski definition) is 2. The fourth-order valence-corrected chi connectivity index (χ4v) is 5.18. The maximum atomic E-state index is 12.0. The summed E-state index contributed by atoms with van der Waals surface area (Å²) < 4.78 is 11.6. The summed E-state index contributed by atoms with van der Waals surface area (Å²) in [6.07, 6.45) is 0.901. The Hall–Kier alpha value is -4.39. The van der Waals surface area contributed by atoms with Crippen LogP contribution in [0.15, 0.2) is 83.4 Å². The van der Waals surface area contributed by atoms with Crippen LogP contribution in [-0.2, 0) is 20.5 Å². The molecular weight excluding hydrogens is 468 g/mol. The summed E-state index contributed by atoms with van der Waals surface area (Å²) in [5, 5.41) is 13.8. The van der Waals surface area contributed by atoms with Crippen molar-refractivity contribution in [3.63, 3.8) is 0 Å². The molecule has 0 spiro atoms. The van der Waals surface area contributed by atoms with Gasteiger partial charge in [0.05, 0.1) is 16.7 Å². The molecule has 1 fully saturated rings. The summed E-state index contributed by atoms with van der Waals surface area (Å²) in [7, 11) is 0. The Morgan fingerprint density at radius 1 is 0.973 bits per heavy atom. The number of hydrogen-bond acceptors (Lipinski definition) is 5. The number of aryl methyl sites for hydroxylation is 1. The largest absolute Gasteiger partial charge is 0.481 e. The van der Waals surface area contributed by atoms with Gasteiger partial charge in [-0.1, -0.05) is 90.9 Å². The highest BCUT2D eigenvalue weighted by atomic mass is 16.6. The van der Waals surface area contributed by atoms with Crippen molar-refractivity contribution in [2.45, 2.75) is 44.1 Å². The van der Waals surface area contributed by atoms with Crippen LogP contribution in [0.5, 0.6) is 0 Å². The van der Waals surface area contributed by atoms with Crippen molar-refractivity contribution < 1.29 is 24.0 Å². The summed E-state index contributed by atoms with van der Waals surface area (Å²) in [6.45, 7) is 3.74. The summed E-state index contributed by atoms with van der Waals surface area (Å²) in [5.41, 5.74) is 9.26. The first kappa shape index (κ1) is 24.3. The number of benzene rings is 3. The van der Waals surface area contributed by atoms with E-state index in [0.717, 1.165) is 27.8 Å². The molecular formula is C30H28N2O5. The Labute approximate surface area is 214 Å². The molecule has 3 aromatic carbocycles. The predicted octanol–water partition coefficient (Wildman–Crippen LogP) is 6.18. The Balaban J connectivity index is 1.51. The molecule has 5 rings (SSSR count). The Bertz CT molecular complexity index is 1440. The van der Waals surface area contributed by atoms with Crippen LogP contribution in [0.2, 0.25) is 0 Å². The smallest absolute Gasteiger partial charge is 0.405 e. The second-order valence-electron chi connectivity index (χ2n) is 9.48. The molecule has 1 heterocycles. The third-order valence-corrected chi connectivity index (χ3v) is 7.36. The van der Waals surface area contributed by atoms with Crippen molar-refractivity contribution in [3.8, 4) is 22.5 Å². The number of nitrogens with zero attached hydrogens (tertiary/aromatic N) is 1. The van der Waals surface area contributed by atoms with Gasteiger partial charge in [0.25, 0.3) is 0 Å². The number of amides is 1. The first-order valence-corrected chi connectivity index (χ1v) is 12.3. The fourth-order valence-electron chi connectivity index (χ4n) is 5.18. The van der Waals surface area contributed by atoms with E-state index in [9.17, 15) is 14.7 Å². The predicted molar refractivity (Wildman–Crippen MR) is 139 cm³/mol. The van der Waals surface area contributed by atoms with Crippen molar-refractivity contribution in [1.82, 2.24) is 5.16 Å². The van der Waals surface area contributed by atoms with E-state index in [-0.39, 0.29) is 0 Å². The number of carbonyl (C=O) groups is 2. The summed E-state index contributed by atoms with van der Waals surface area (Å²) in [4.78, 5) is 23.7. The molecule has 1 aliphatic carbocycles. The van der Waals surface area contributed by atoms with Crippen molar-refractivity contribution >= 4 is 12.1 Å². The number of carbonyl (C=O) groups excluding carboxylic acids is 1. The van der Waals surface area contributed by atoms with Gasteiger partial charge in [-0.25, -0.2) is 4.79 Å². The SMILES string of the molecule is CC[C@@](OC(N)=O)(c1ccccc1)c1c(C)noc1-c1ccc(-c2ccc(C3(C(=O)O)CC3)cc2)cc1. The Morgan fingerprint density at radius 2 is 1.54 bits per heavy atom. The standard InChI is InChI=1S/C30H28N2O5/c1-3-30(36-28(31)35,24-7-5-4-6-8-24)25-19(2)32-37-26(25)22-11-9-20(10-12-22)21-13-15-23(16-14-21)29(17-18-29)27(33)34/h4-16H,3,17-18H2,1-2H3,(H2,31,35)(H,33,34)/t30-/m1/s1. The van der Waals surface area contributed by atoms with Crippen LogP contribution in [0.3, 0.4) is 0 Å². The van der Waals surface area contributed by atoms with Gasteiger partial charge < -0.3 is 20.1 Å². The van der Waals surface area contributed by atoms with E-state index in [1.807, 2.05) is 92.7 Å². The molecule has 37 heavy (non-hydrogen) atoms. The minimum absolute atomic E-state index is 0.428. The normalized spacial score (nSPS) is 15.5.